The Morgan fingerprint density at radius 1 is 1.85 bits per heavy atom. The second-order valence-electron chi connectivity index (χ2n) is 3.73. The van der Waals surface area contributed by atoms with Crippen molar-refractivity contribution in [1.29, 1.82) is 0 Å². The van der Waals surface area contributed by atoms with E-state index in [0.29, 0.717) is 18.4 Å². The third kappa shape index (κ3) is 3.45. The molecule has 0 aromatic heterocycles. The highest BCUT2D eigenvalue weighted by Crippen LogP contribution is 2.15. The summed E-state index contributed by atoms with van der Waals surface area (Å²) < 4.78 is 0. The van der Waals surface area contributed by atoms with Gasteiger partial charge in [0.25, 0.3) is 0 Å². The summed E-state index contributed by atoms with van der Waals surface area (Å²) in [5.74, 6) is 0.837. The number of ketones is 1. The molecule has 0 amide bonds. The van der Waals surface area contributed by atoms with E-state index in [1.807, 2.05) is 6.08 Å². The van der Waals surface area contributed by atoms with Crippen molar-refractivity contribution in [2.45, 2.75) is 32.2 Å². The molecule has 72 valence electrons. The molecule has 0 bridgehead atoms. The van der Waals surface area contributed by atoms with Crippen LogP contribution in [-0.4, -0.2) is 11.8 Å². The summed E-state index contributed by atoms with van der Waals surface area (Å²) in [5, 5.41) is 3.20. The van der Waals surface area contributed by atoms with Gasteiger partial charge in [0.15, 0.2) is 5.78 Å². The molecule has 0 fully saturated rings. The molecule has 1 aliphatic rings. The van der Waals surface area contributed by atoms with Gasteiger partial charge >= 0.3 is 0 Å². The molecule has 1 aliphatic heterocycles. The van der Waals surface area contributed by atoms with Crippen molar-refractivity contribution in [2.75, 3.05) is 0 Å². The number of allylic oxidation sites excluding steroid dienone is 2. The van der Waals surface area contributed by atoms with Gasteiger partial charge < -0.3 is 5.32 Å². The zero-order chi connectivity index (χ0) is 9.68. The zero-order valence-electron chi connectivity index (χ0n) is 8.12. The Morgan fingerprint density at radius 2 is 2.62 bits per heavy atom. The van der Waals surface area contributed by atoms with Gasteiger partial charge in [-0.15, -0.1) is 6.58 Å². The van der Waals surface area contributed by atoms with Crippen LogP contribution in [0.15, 0.2) is 24.9 Å². The maximum absolute atomic E-state index is 11.1. The first-order chi connectivity index (χ1) is 6.22. The maximum Gasteiger partial charge on any atom is 0.159 e. The standard InChI is InChI=1S/C11H17NO/c1-3-4-9(2)7-10-8-11(13)5-6-12-10/h3,5-6,9-10,12H,1,4,7-8H2,2H3/t9-,10+/m1/s1. The Balaban J connectivity index is 2.33. The lowest BCUT2D eigenvalue weighted by Gasteiger charge is -2.22. The zero-order valence-corrected chi connectivity index (χ0v) is 8.12. The molecule has 0 aromatic rings. The minimum atomic E-state index is 0.231. The summed E-state index contributed by atoms with van der Waals surface area (Å²) in [5.41, 5.74) is 0. The number of nitrogens with one attached hydrogen (secondary N) is 1. The van der Waals surface area contributed by atoms with Crippen LogP contribution in [0.25, 0.3) is 0 Å². The van der Waals surface area contributed by atoms with Gasteiger partial charge in [-0.05, 0) is 24.8 Å². The summed E-state index contributed by atoms with van der Waals surface area (Å²) in [6, 6.07) is 0.326. The third-order valence-corrected chi connectivity index (χ3v) is 2.30. The fraction of sp³-hybridized carbons (Fsp3) is 0.545. The van der Waals surface area contributed by atoms with E-state index in [1.54, 1.807) is 12.3 Å². The Bertz CT molecular complexity index is 220. The topological polar surface area (TPSA) is 29.1 Å². The number of carbonyl (C=O) groups excluding carboxylic acids is 1. The van der Waals surface area contributed by atoms with Crippen molar-refractivity contribution in [3.8, 4) is 0 Å². The molecule has 0 aromatic carbocycles. The Kier molecular flexibility index (Phi) is 3.74. The van der Waals surface area contributed by atoms with Crippen LogP contribution in [0.4, 0.5) is 0 Å². The van der Waals surface area contributed by atoms with E-state index in [1.165, 1.54) is 0 Å². The molecule has 1 rings (SSSR count). The Hall–Kier alpha value is -1.05. The largest absolute Gasteiger partial charge is 0.388 e. The lowest BCUT2D eigenvalue weighted by atomic mass is 9.94. The van der Waals surface area contributed by atoms with Crippen LogP contribution in [0, 0.1) is 5.92 Å². The molecule has 0 spiro atoms. The first kappa shape index (κ1) is 10.0. The van der Waals surface area contributed by atoms with E-state index in [2.05, 4.69) is 18.8 Å². The average molecular weight is 179 g/mol. The quantitative estimate of drug-likeness (QED) is 0.669. The van der Waals surface area contributed by atoms with Gasteiger partial charge in [-0.2, -0.15) is 0 Å². The normalized spacial score (nSPS) is 23.8. The van der Waals surface area contributed by atoms with Gasteiger partial charge in [-0.25, -0.2) is 0 Å². The molecule has 0 aliphatic carbocycles. The van der Waals surface area contributed by atoms with Gasteiger partial charge in [0.2, 0.25) is 0 Å². The van der Waals surface area contributed by atoms with Crippen LogP contribution < -0.4 is 5.32 Å². The molecule has 1 heterocycles. The van der Waals surface area contributed by atoms with Gasteiger partial charge in [-0.1, -0.05) is 13.0 Å². The van der Waals surface area contributed by atoms with Crippen molar-refractivity contribution in [3.63, 3.8) is 0 Å². The molecular weight excluding hydrogens is 162 g/mol. The van der Waals surface area contributed by atoms with Crippen molar-refractivity contribution in [3.05, 3.63) is 24.9 Å². The van der Waals surface area contributed by atoms with Crippen LogP contribution in [0.2, 0.25) is 0 Å². The lowest BCUT2D eigenvalue weighted by Crippen LogP contribution is -2.32. The molecular formula is C11H17NO. The van der Waals surface area contributed by atoms with Crippen molar-refractivity contribution < 1.29 is 4.79 Å². The number of hydrogen-bond acceptors (Lipinski definition) is 2. The third-order valence-electron chi connectivity index (χ3n) is 2.30. The fourth-order valence-corrected chi connectivity index (χ4v) is 1.66. The van der Waals surface area contributed by atoms with Gasteiger partial charge in [0.05, 0.1) is 0 Å². The molecule has 0 radical (unpaired) electrons. The molecule has 0 saturated carbocycles. The SMILES string of the molecule is C=CC[C@@H](C)C[C@H]1CC(=O)C=CN1. The van der Waals surface area contributed by atoms with Crippen LogP contribution in [0.3, 0.4) is 0 Å². The van der Waals surface area contributed by atoms with E-state index >= 15 is 0 Å². The second kappa shape index (κ2) is 4.85. The Labute approximate surface area is 79.7 Å². The highest BCUT2D eigenvalue weighted by Gasteiger charge is 2.16. The highest BCUT2D eigenvalue weighted by atomic mass is 16.1. The predicted octanol–water partition coefficient (Wildman–Crippen LogP) is 2.03. The lowest BCUT2D eigenvalue weighted by molar-refractivity contribution is -0.115. The van der Waals surface area contributed by atoms with E-state index in [0.717, 1.165) is 12.8 Å². The molecule has 13 heavy (non-hydrogen) atoms. The van der Waals surface area contributed by atoms with Gasteiger partial charge in [0.1, 0.15) is 0 Å². The molecule has 0 unspecified atom stereocenters. The van der Waals surface area contributed by atoms with Crippen molar-refractivity contribution in [2.24, 2.45) is 5.92 Å². The van der Waals surface area contributed by atoms with Crippen molar-refractivity contribution in [1.82, 2.24) is 5.32 Å². The average Bonchev–Trinajstić information content (AvgIpc) is 2.04. The van der Waals surface area contributed by atoms with Crippen LogP contribution >= 0.6 is 0 Å². The monoisotopic (exact) mass is 179 g/mol. The van der Waals surface area contributed by atoms with E-state index in [4.69, 9.17) is 0 Å². The number of rotatable bonds is 4. The van der Waals surface area contributed by atoms with Crippen LogP contribution in [0.5, 0.6) is 0 Å². The van der Waals surface area contributed by atoms with E-state index in [-0.39, 0.29) is 5.78 Å². The first-order valence-electron chi connectivity index (χ1n) is 4.78. The summed E-state index contributed by atoms with van der Waals surface area (Å²) in [6.45, 7) is 5.89. The maximum atomic E-state index is 11.1. The highest BCUT2D eigenvalue weighted by molar-refractivity contribution is 5.90. The summed E-state index contributed by atoms with van der Waals surface area (Å²) >= 11 is 0. The minimum absolute atomic E-state index is 0.231. The smallest absolute Gasteiger partial charge is 0.159 e. The predicted molar refractivity (Wildman–Crippen MR) is 54.3 cm³/mol. The molecule has 1 N–H and O–H groups in total. The molecule has 2 nitrogen and oxygen atoms in total. The van der Waals surface area contributed by atoms with Gasteiger partial charge in [0, 0.05) is 18.7 Å². The summed E-state index contributed by atoms with van der Waals surface area (Å²) in [7, 11) is 0. The molecule has 2 atom stereocenters. The molecule has 0 saturated heterocycles. The minimum Gasteiger partial charge on any atom is -0.388 e. The molecule has 2 heteroatoms. The van der Waals surface area contributed by atoms with Gasteiger partial charge in [-0.3, -0.25) is 4.79 Å². The Morgan fingerprint density at radius 3 is 3.23 bits per heavy atom. The van der Waals surface area contributed by atoms with Crippen molar-refractivity contribution >= 4 is 5.78 Å². The second-order valence-corrected chi connectivity index (χ2v) is 3.73. The van der Waals surface area contributed by atoms with E-state index < -0.39 is 0 Å². The summed E-state index contributed by atoms with van der Waals surface area (Å²) in [4.78, 5) is 11.1. The first-order valence-corrected chi connectivity index (χ1v) is 4.78. The summed E-state index contributed by atoms with van der Waals surface area (Å²) in [6.07, 6.45) is 8.01. The van der Waals surface area contributed by atoms with Crippen LogP contribution in [-0.2, 0) is 4.79 Å². The number of carbonyl (C=O) groups is 1. The van der Waals surface area contributed by atoms with E-state index in [9.17, 15) is 4.79 Å². The van der Waals surface area contributed by atoms with Crippen LogP contribution in [0.1, 0.15) is 26.2 Å². The fourth-order valence-electron chi connectivity index (χ4n) is 1.66. The number of hydrogen-bond donors (Lipinski definition) is 1.